The van der Waals surface area contributed by atoms with Gasteiger partial charge in [-0.3, -0.25) is 0 Å². The highest BCUT2D eigenvalue weighted by atomic mass is 16.5. The molecule has 0 aromatic carbocycles. The fourth-order valence-corrected chi connectivity index (χ4v) is 2.69. The summed E-state index contributed by atoms with van der Waals surface area (Å²) in [5.74, 6) is 0.893. The lowest BCUT2D eigenvalue weighted by molar-refractivity contribution is 0.0604. The molecular weight excluding hydrogens is 200 g/mol. The number of hydrogen-bond donors (Lipinski definition) is 1. The monoisotopic (exact) mass is 226 g/mol. The summed E-state index contributed by atoms with van der Waals surface area (Å²) in [6, 6.07) is 0. The van der Waals surface area contributed by atoms with Crippen LogP contribution >= 0.6 is 0 Å². The van der Waals surface area contributed by atoms with Crippen LogP contribution in [0.3, 0.4) is 0 Å². The highest BCUT2D eigenvalue weighted by molar-refractivity contribution is 4.95. The molecule has 2 fully saturated rings. The van der Waals surface area contributed by atoms with Crippen LogP contribution in [0.25, 0.3) is 0 Å². The minimum atomic E-state index is 0.491. The van der Waals surface area contributed by atoms with E-state index in [0.717, 1.165) is 25.7 Å². The van der Waals surface area contributed by atoms with Gasteiger partial charge in [0.2, 0.25) is 0 Å². The minimum absolute atomic E-state index is 0.491. The summed E-state index contributed by atoms with van der Waals surface area (Å²) >= 11 is 0. The van der Waals surface area contributed by atoms with Crippen LogP contribution in [0.4, 0.5) is 0 Å². The highest BCUT2D eigenvalue weighted by Crippen LogP contribution is 2.44. The van der Waals surface area contributed by atoms with Crippen molar-refractivity contribution < 1.29 is 4.74 Å². The summed E-state index contributed by atoms with van der Waals surface area (Å²) in [6.45, 7) is 5.25. The summed E-state index contributed by atoms with van der Waals surface area (Å²) in [6.07, 6.45) is 6.53. The molecular formula is C13H26N2O. The molecule has 1 saturated heterocycles. The number of nitrogens with zero attached hydrogens (tertiary/aromatic N) is 1. The first-order chi connectivity index (χ1) is 7.74. The van der Waals surface area contributed by atoms with E-state index < -0.39 is 0 Å². The van der Waals surface area contributed by atoms with Gasteiger partial charge in [-0.05, 0) is 63.6 Å². The van der Waals surface area contributed by atoms with Gasteiger partial charge < -0.3 is 15.4 Å². The average Bonchev–Trinajstić information content (AvgIpc) is 3.08. The van der Waals surface area contributed by atoms with E-state index in [2.05, 4.69) is 11.9 Å². The Hall–Kier alpha value is -0.120. The fourth-order valence-electron chi connectivity index (χ4n) is 2.69. The van der Waals surface area contributed by atoms with Gasteiger partial charge in [-0.15, -0.1) is 0 Å². The molecule has 0 aromatic heterocycles. The Morgan fingerprint density at radius 3 is 2.56 bits per heavy atom. The van der Waals surface area contributed by atoms with Gasteiger partial charge in [0.1, 0.15) is 0 Å². The van der Waals surface area contributed by atoms with Gasteiger partial charge in [0.25, 0.3) is 0 Å². The summed E-state index contributed by atoms with van der Waals surface area (Å²) in [7, 11) is 2.25. The van der Waals surface area contributed by atoms with Crippen LogP contribution in [0.1, 0.15) is 32.1 Å². The number of hydrogen-bond acceptors (Lipinski definition) is 3. The van der Waals surface area contributed by atoms with Crippen molar-refractivity contribution in [1.82, 2.24) is 4.90 Å². The zero-order chi connectivity index (χ0) is 11.4. The number of nitrogens with two attached hydrogens (primary N) is 1. The molecule has 94 valence electrons. The Balaban J connectivity index is 1.61. The van der Waals surface area contributed by atoms with Crippen molar-refractivity contribution >= 4 is 0 Å². The molecule has 0 amide bonds. The summed E-state index contributed by atoms with van der Waals surface area (Å²) in [5, 5.41) is 0. The number of ether oxygens (including phenoxy) is 1. The van der Waals surface area contributed by atoms with E-state index in [-0.39, 0.29) is 0 Å². The molecule has 0 aromatic rings. The Kier molecular flexibility index (Phi) is 4.22. The maximum absolute atomic E-state index is 5.81. The molecule has 3 nitrogen and oxygen atoms in total. The third-order valence-electron chi connectivity index (χ3n) is 4.26. The molecule has 1 aliphatic heterocycles. The Labute approximate surface area is 99.3 Å². The van der Waals surface area contributed by atoms with E-state index in [0.29, 0.717) is 5.41 Å². The number of rotatable bonds is 6. The molecule has 2 rings (SSSR count). The molecule has 1 saturated carbocycles. The van der Waals surface area contributed by atoms with E-state index in [1.807, 2.05) is 0 Å². The van der Waals surface area contributed by atoms with Gasteiger partial charge in [-0.1, -0.05) is 0 Å². The third-order valence-corrected chi connectivity index (χ3v) is 4.26. The predicted octanol–water partition coefficient (Wildman–Crippen LogP) is 1.47. The summed E-state index contributed by atoms with van der Waals surface area (Å²) in [5.41, 5.74) is 6.30. The van der Waals surface area contributed by atoms with Crippen LogP contribution in [0.15, 0.2) is 0 Å². The first-order valence-electron chi connectivity index (χ1n) is 6.70. The normalized spacial score (nSPS) is 24.9. The molecule has 2 aliphatic rings. The smallest absolute Gasteiger partial charge is 0.0468 e. The van der Waals surface area contributed by atoms with Crippen molar-refractivity contribution in [3.05, 3.63) is 0 Å². The topological polar surface area (TPSA) is 38.5 Å². The van der Waals surface area contributed by atoms with Crippen LogP contribution in [0, 0.1) is 11.3 Å². The van der Waals surface area contributed by atoms with Crippen LogP contribution in [0.5, 0.6) is 0 Å². The second-order valence-corrected chi connectivity index (χ2v) is 5.79. The highest BCUT2D eigenvalue weighted by Gasteiger charge is 2.41. The lowest BCUT2D eigenvalue weighted by atomic mass is 9.96. The molecule has 16 heavy (non-hydrogen) atoms. The second kappa shape index (κ2) is 5.48. The standard InChI is InChI=1S/C13H26N2O/c1-15(11-13(10-14)5-6-13)7-2-12-3-8-16-9-4-12/h12H,2-11,14H2,1H3. The van der Waals surface area contributed by atoms with Crippen molar-refractivity contribution in [2.45, 2.75) is 32.1 Å². The van der Waals surface area contributed by atoms with Crippen LogP contribution < -0.4 is 5.73 Å². The van der Waals surface area contributed by atoms with Gasteiger partial charge in [-0.25, -0.2) is 0 Å². The predicted molar refractivity (Wildman–Crippen MR) is 66.4 cm³/mol. The second-order valence-electron chi connectivity index (χ2n) is 5.79. The van der Waals surface area contributed by atoms with Crippen LogP contribution in [-0.4, -0.2) is 44.8 Å². The zero-order valence-corrected chi connectivity index (χ0v) is 10.6. The first kappa shape index (κ1) is 12.3. The van der Waals surface area contributed by atoms with Gasteiger partial charge in [-0.2, -0.15) is 0 Å². The Morgan fingerprint density at radius 2 is 2.00 bits per heavy atom. The van der Waals surface area contributed by atoms with Gasteiger partial charge >= 0.3 is 0 Å². The van der Waals surface area contributed by atoms with E-state index in [1.54, 1.807) is 0 Å². The van der Waals surface area contributed by atoms with E-state index in [4.69, 9.17) is 10.5 Å². The lowest BCUT2D eigenvalue weighted by Gasteiger charge is -2.26. The molecule has 0 unspecified atom stereocenters. The minimum Gasteiger partial charge on any atom is -0.381 e. The molecule has 0 bridgehead atoms. The van der Waals surface area contributed by atoms with Gasteiger partial charge in [0.05, 0.1) is 0 Å². The third kappa shape index (κ3) is 3.44. The zero-order valence-electron chi connectivity index (χ0n) is 10.6. The quantitative estimate of drug-likeness (QED) is 0.745. The molecule has 0 atom stereocenters. The van der Waals surface area contributed by atoms with E-state index in [9.17, 15) is 0 Å². The molecule has 1 heterocycles. The first-order valence-corrected chi connectivity index (χ1v) is 6.70. The van der Waals surface area contributed by atoms with E-state index >= 15 is 0 Å². The molecule has 1 aliphatic carbocycles. The SMILES string of the molecule is CN(CCC1CCOCC1)CC1(CN)CC1. The fraction of sp³-hybridized carbons (Fsp3) is 1.00. The Bertz CT molecular complexity index is 210. The Morgan fingerprint density at radius 1 is 1.31 bits per heavy atom. The lowest BCUT2D eigenvalue weighted by Crippen LogP contribution is -2.33. The van der Waals surface area contributed by atoms with Crippen molar-refractivity contribution in [1.29, 1.82) is 0 Å². The maximum Gasteiger partial charge on any atom is 0.0468 e. The average molecular weight is 226 g/mol. The van der Waals surface area contributed by atoms with Crippen molar-refractivity contribution in [2.24, 2.45) is 17.1 Å². The van der Waals surface area contributed by atoms with E-state index in [1.165, 1.54) is 45.2 Å². The summed E-state index contributed by atoms with van der Waals surface area (Å²) in [4.78, 5) is 2.48. The van der Waals surface area contributed by atoms with Crippen molar-refractivity contribution in [2.75, 3.05) is 39.9 Å². The van der Waals surface area contributed by atoms with Gasteiger partial charge in [0.15, 0.2) is 0 Å². The summed E-state index contributed by atoms with van der Waals surface area (Å²) < 4.78 is 5.38. The van der Waals surface area contributed by atoms with Crippen LogP contribution in [0.2, 0.25) is 0 Å². The molecule has 2 N–H and O–H groups in total. The van der Waals surface area contributed by atoms with Crippen LogP contribution in [-0.2, 0) is 4.74 Å². The largest absolute Gasteiger partial charge is 0.381 e. The van der Waals surface area contributed by atoms with Crippen molar-refractivity contribution in [3.63, 3.8) is 0 Å². The molecule has 0 spiro atoms. The molecule has 0 radical (unpaired) electrons. The van der Waals surface area contributed by atoms with Crippen molar-refractivity contribution in [3.8, 4) is 0 Å². The maximum atomic E-state index is 5.81. The van der Waals surface area contributed by atoms with Gasteiger partial charge in [0, 0.05) is 19.8 Å². The molecule has 3 heteroatoms.